The highest BCUT2D eigenvalue weighted by Crippen LogP contribution is 2.33. The zero-order chi connectivity index (χ0) is 17.9. The van der Waals surface area contributed by atoms with E-state index in [1.165, 1.54) is 5.56 Å². The van der Waals surface area contributed by atoms with Crippen molar-refractivity contribution in [2.45, 2.75) is 31.6 Å². The minimum Gasteiger partial charge on any atom is -0.454 e. The summed E-state index contributed by atoms with van der Waals surface area (Å²) in [6.07, 6.45) is 3.69. The highest BCUT2D eigenvalue weighted by Gasteiger charge is 2.24. The van der Waals surface area contributed by atoms with E-state index in [-0.39, 0.29) is 12.7 Å². The molecule has 4 nitrogen and oxygen atoms in total. The van der Waals surface area contributed by atoms with Crippen molar-refractivity contribution in [3.63, 3.8) is 0 Å². The molecule has 1 amide bonds. The fourth-order valence-corrected chi connectivity index (χ4v) is 3.84. The zero-order valence-corrected chi connectivity index (χ0v) is 15.4. The van der Waals surface area contributed by atoms with E-state index in [4.69, 9.17) is 21.1 Å². The highest BCUT2D eigenvalue weighted by molar-refractivity contribution is 6.30. The molecule has 0 saturated carbocycles. The number of hydrogen-bond acceptors (Lipinski definition) is 3. The van der Waals surface area contributed by atoms with Gasteiger partial charge in [-0.1, -0.05) is 36.2 Å². The molecule has 2 aliphatic rings. The minimum absolute atomic E-state index is 0.171. The Morgan fingerprint density at radius 3 is 2.73 bits per heavy atom. The van der Waals surface area contributed by atoms with Crippen LogP contribution < -0.4 is 9.47 Å². The van der Waals surface area contributed by atoms with E-state index in [2.05, 4.69) is 12.1 Å². The van der Waals surface area contributed by atoms with E-state index in [9.17, 15) is 4.79 Å². The molecule has 26 heavy (non-hydrogen) atoms. The first-order valence-electron chi connectivity index (χ1n) is 9.11. The van der Waals surface area contributed by atoms with E-state index in [1.807, 2.05) is 35.2 Å². The van der Waals surface area contributed by atoms with Gasteiger partial charge in [0, 0.05) is 24.0 Å². The highest BCUT2D eigenvalue weighted by atomic mass is 35.5. The summed E-state index contributed by atoms with van der Waals surface area (Å²) in [6, 6.07) is 13.8. The van der Waals surface area contributed by atoms with Crippen LogP contribution in [0.1, 0.15) is 36.3 Å². The molecule has 0 spiro atoms. The van der Waals surface area contributed by atoms with Crippen LogP contribution in [0.15, 0.2) is 42.5 Å². The standard InChI is InChI=1S/C21H22ClNO3/c22-18-7-5-16(6-8-18)17-3-1-2-10-23(13-17)21(24)12-15-4-9-19-20(11-15)26-14-25-19/h4-9,11,17H,1-3,10,12-14H2. The molecule has 0 bridgehead atoms. The van der Waals surface area contributed by atoms with Crippen LogP contribution in [0.5, 0.6) is 11.5 Å². The quantitative estimate of drug-likeness (QED) is 0.802. The largest absolute Gasteiger partial charge is 0.454 e. The first-order chi connectivity index (χ1) is 12.7. The summed E-state index contributed by atoms with van der Waals surface area (Å²) < 4.78 is 10.7. The predicted octanol–water partition coefficient (Wildman–Crippen LogP) is 4.41. The number of carbonyl (C=O) groups is 1. The molecule has 5 heteroatoms. The number of benzene rings is 2. The molecule has 4 rings (SSSR count). The van der Waals surface area contributed by atoms with Gasteiger partial charge in [-0.15, -0.1) is 0 Å². The van der Waals surface area contributed by atoms with Crippen LogP contribution in [0.3, 0.4) is 0 Å². The number of halogens is 1. The van der Waals surface area contributed by atoms with Crippen molar-refractivity contribution in [1.82, 2.24) is 4.90 Å². The maximum Gasteiger partial charge on any atom is 0.231 e. The van der Waals surface area contributed by atoms with E-state index >= 15 is 0 Å². The molecule has 1 fully saturated rings. The number of rotatable bonds is 3. The average molecular weight is 372 g/mol. The molecular formula is C21H22ClNO3. The first-order valence-corrected chi connectivity index (χ1v) is 9.48. The van der Waals surface area contributed by atoms with Gasteiger partial charge in [-0.05, 0) is 48.2 Å². The number of hydrogen-bond donors (Lipinski definition) is 0. The Hall–Kier alpha value is -2.20. The van der Waals surface area contributed by atoms with Crippen molar-refractivity contribution >= 4 is 17.5 Å². The first kappa shape index (κ1) is 17.2. The van der Waals surface area contributed by atoms with Crippen LogP contribution in [-0.2, 0) is 11.2 Å². The SMILES string of the molecule is O=C(Cc1ccc2c(c1)OCO2)N1CCCCC(c2ccc(Cl)cc2)C1. The number of amides is 1. The number of fused-ring (bicyclic) bond motifs is 1. The number of nitrogens with zero attached hydrogens (tertiary/aromatic N) is 1. The summed E-state index contributed by atoms with van der Waals surface area (Å²) in [5.41, 5.74) is 2.23. The summed E-state index contributed by atoms with van der Waals surface area (Å²) in [4.78, 5) is 14.9. The van der Waals surface area contributed by atoms with Crippen LogP contribution in [0.25, 0.3) is 0 Å². The predicted molar refractivity (Wildman–Crippen MR) is 101 cm³/mol. The molecule has 136 valence electrons. The Morgan fingerprint density at radius 1 is 1.08 bits per heavy atom. The van der Waals surface area contributed by atoms with Crippen LogP contribution in [0, 0.1) is 0 Å². The third-order valence-electron chi connectivity index (χ3n) is 5.16. The summed E-state index contributed by atoms with van der Waals surface area (Å²) in [5.74, 6) is 2.02. The van der Waals surface area contributed by atoms with Gasteiger partial charge >= 0.3 is 0 Å². The van der Waals surface area contributed by atoms with Gasteiger partial charge in [-0.25, -0.2) is 0 Å². The van der Waals surface area contributed by atoms with Crippen molar-refractivity contribution in [1.29, 1.82) is 0 Å². The minimum atomic E-state index is 0.171. The Bertz CT molecular complexity index is 790. The molecule has 1 atom stereocenters. The Kier molecular flexibility index (Phi) is 5.02. The van der Waals surface area contributed by atoms with Crippen LogP contribution >= 0.6 is 11.6 Å². The smallest absolute Gasteiger partial charge is 0.231 e. The van der Waals surface area contributed by atoms with Gasteiger partial charge in [0.15, 0.2) is 11.5 Å². The third kappa shape index (κ3) is 3.80. The maximum absolute atomic E-state index is 12.9. The van der Waals surface area contributed by atoms with Crippen LogP contribution in [0.4, 0.5) is 0 Å². The fraction of sp³-hybridized carbons (Fsp3) is 0.381. The Morgan fingerprint density at radius 2 is 1.88 bits per heavy atom. The summed E-state index contributed by atoms with van der Waals surface area (Å²) in [6.45, 7) is 1.85. The number of likely N-dealkylation sites (tertiary alicyclic amines) is 1. The Balaban J connectivity index is 1.45. The molecule has 2 heterocycles. The normalized spacial score (nSPS) is 19.3. The second kappa shape index (κ2) is 7.58. The lowest BCUT2D eigenvalue weighted by Crippen LogP contribution is -2.35. The molecular weight excluding hydrogens is 350 g/mol. The lowest BCUT2D eigenvalue weighted by Gasteiger charge is -2.25. The molecule has 1 unspecified atom stereocenters. The van der Waals surface area contributed by atoms with Crippen molar-refractivity contribution < 1.29 is 14.3 Å². The molecule has 2 aromatic rings. The third-order valence-corrected chi connectivity index (χ3v) is 5.41. The molecule has 0 radical (unpaired) electrons. The molecule has 2 aromatic carbocycles. The Labute approximate surface area is 158 Å². The average Bonchev–Trinajstić information content (AvgIpc) is 2.97. The van der Waals surface area contributed by atoms with Gasteiger partial charge in [-0.3, -0.25) is 4.79 Å². The molecule has 2 aliphatic heterocycles. The number of carbonyl (C=O) groups excluding carboxylic acids is 1. The van der Waals surface area contributed by atoms with Crippen molar-refractivity contribution in [3.8, 4) is 11.5 Å². The van der Waals surface area contributed by atoms with Gasteiger partial charge in [0.25, 0.3) is 0 Å². The second-order valence-corrected chi connectivity index (χ2v) is 7.38. The zero-order valence-electron chi connectivity index (χ0n) is 14.6. The van der Waals surface area contributed by atoms with Gasteiger partial charge in [0.05, 0.1) is 6.42 Å². The summed E-state index contributed by atoms with van der Waals surface area (Å²) in [7, 11) is 0. The van der Waals surface area contributed by atoms with E-state index in [1.54, 1.807) is 0 Å². The summed E-state index contributed by atoms with van der Waals surface area (Å²) in [5, 5.41) is 0.748. The van der Waals surface area contributed by atoms with Gasteiger partial charge in [-0.2, -0.15) is 0 Å². The van der Waals surface area contributed by atoms with Crippen molar-refractivity contribution in [2.75, 3.05) is 19.9 Å². The monoisotopic (exact) mass is 371 g/mol. The molecule has 0 aromatic heterocycles. The van der Waals surface area contributed by atoms with Gasteiger partial charge < -0.3 is 14.4 Å². The van der Waals surface area contributed by atoms with E-state index < -0.39 is 0 Å². The summed E-state index contributed by atoms with van der Waals surface area (Å²) >= 11 is 6.01. The molecule has 1 saturated heterocycles. The maximum atomic E-state index is 12.9. The lowest BCUT2D eigenvalue weighted by atomic mass is 9.94. The molecule has 0 aliphatic carbocycles. The van der Waals surface area contributed by atoms with Gasteiger partial charge in [0.1, 0.15) is 0 Å². The number of ether oxygens (including phenoxy) is 2. The van der Waals surface area contributed by atoms with E-state index in [0.717, 1.165) is 54.4 Å². The topological polar surface area (TPSA) is 38.8 Å². The molecule has 0 N–H and O–H groups in total. The fourth-order valence-electron chi connectivity index (χ4n) is 3.71. The van der Waals surface area contributed by atoms with Crippen molar-refractivity contribution in [3.05, 3.63) is 58.6 Å². The lowest BCUT2D eigenvalue weighted by molar-refractivity contribution is -0.130. The van der Waals surface area contributed by atoms with Crippen LogP contribution in [0.2, 0.25) is 5.02 Å². The van der Waals surface area contributed by atoms with Gasteiger partial charge in [0.2, 0.25) is 12.7 Å². The van der Waals surface area contributed by atoms with E-state index in [0.29, 0.717) is 12.3 Å². The van der Waals surface area contributed by atoms with Crippen molar-refractivity contribution in [2.24, 2.45) is 0 Å². The second-order valence-electron chi connectivity index (χ2n) is 6.95. The van der Waals surface area contributed by atoms with Crippen LogP contribution in [-0.4, -0.2) is 30.7 Å².